The van der Waals surface area contributed by atoms with Crippen molar-refractivity contribution >= 4 is 34.0 Å². The van der Waals surface area contributed by atoms with E-state index in [9.17, 15) is 26.2 Å². The third-order valence-electron chi connectivity index (χ3n) is 2.72. The van der Waals surface area contributed by atoms with Gasteiger partial charge < -0.3 is 0 Å². The molecule has 0 unspecified atom stereocenters. The molecule has 2 aromatic rings. The summed E-state index contributed by atoms with van der Waals surface area (Å²) >= 11 is 11.4. The van der Waals surface area contributed by atoms with Crippen molar-refractivity contribution in [3.05, 3.63) is 62.9 Å². The Kier molecular flexibility index (Phi) is 5.09. The number of benzene rings is 2. The van der Waals surface area contributed by atoms with Gasteiger partial charge in [-0.05, 0) is 18.2 Å². The fraction of sp³-hybridized carbons (Fsp3) is 0.0769. The van der Waals surface area contributed by atoms with Gasteiger partial charge in [-0.3, -0.25) is 4.21 Å². The second-order valence-corrected chi connectivity index (χ2v) is 6.38. The Bertz CT molecular complexity index is 753. The molecule has 0 radical (unpaired) electrons. The average Bonchev–Trinajstić information content (AvgIpc) is 2.47. The van der Waals surface area contributed by atoms with Crippen LogP contribution in [0, 0.1) is 29.1 Å². The number of hydrogen-bond donors (Lipinski definition) is 0. The van der Waals surface area contributed by atoms with Gasteiger partial charge in [-0.2, -0.15) is 0 Å². The first-order valence-electron chi connectivity index (χ1n) is 5.57. The van der Waals surface area contributed by atoms with Gasteiger partial charge in [-0.15, -0.1) is 0 Å². The van der Waals surface area contributed by atoms with E-state index in [-0.39, 0.29) is 14.9 Å². The third kappa shape index (κ3) is 3.11. The second-order valence-electron chi connectivity index (χ2n) is 4.11. The van der Waals surface area contributed by atoms with Crippen LogP contribution < -0.4 is 0 Å². The summed E-state index contributed by atoms with van der Waals surface area (Å²) in [6, 6.07) is 3.82. The molecule has 0 bridgehead atoms. The molecule has 2 aromatic carbocycles. The SMILES string of the molecule is O=[S@@](Cc1c(F)c(F)c(F)c(F)c1F)c1ccc(Cl)cc1Cl. The highest BCUT2D eigenvalue weighted by molar-refractivity contribution is 7.84. The fourth-order valence-corrected chi connectivity index (χ4v) is 3.48. The Balaban J connectivity index is 2.45. The van der Waals surface area contributed by atoms with Crippen LogP contribution in [0.15, 0.2) is 23.1 Å². The van der Waals surface area contributed by atoms with Crippen molar-refractivity contribution in [3.63, 3.8) is 0 Å². The Labute approximate surface area is 134 Å². The Morgan fingerprint density at radius 2 is 1.36 bits per heavy atom. The van der Waals surface area contributed by atoms with Crippen LogP contribution in [0.25, 0.3) is 0 Å². The van der Waals surface area contributed by atoms with Crippen LogP contribution >= 0.6 is 23.2 Å². The lowest BCUT2D eigenvalue weighted by atomic mass is 10.2. The lowest BCUT2D eigenvalue weighted by Crippen LogP contribution is -2.09. The van der Waals surface area contributed by atoms with Crippen molar-refractivity contribution in [2.45, 2.75) is 10.6 Å². The molecule has 9 heteroatoms. The molecule has 22 heavy (non-hydrogen) atoms. The maximum Gasteiger partial charge on any atom is 0.200 e. The van der Waals surface area contributed by atoms with Gasteiger partial charge in [0.25, 0.3) is 0 Å². The molecule has 0 aliphatic carbocycles. The summed E-state index contributed by atoms with van der Waals surface area (Å²) in [6.07, 6.45) is 0. The van der Waals surface area contributed by atoms with E-state index in [1.54, 1.807) is 0 Å². The highest BCUT2D eigenvalue weighted by atomic mass is 35.5. The molecule has 0 spiro atoms. The quantitative estimate of drug-likeness (QED) is 0.419. The van der Waals surface area contributed by atoms with E-state index >= 15 is 0 Å². The highest BCUT2D eigenvalue weighted by Crippen LogP contribution is 2.28. The van der Waals surface area contributed by atoms with Gasteiger partial charge in [0, 0.05) is 10.6 Å². The summed E-state index contributed by atoms with van der Waals surface area (Å²) in [5.74, 6) is -11.4. The molecule has 0 amide bonds. The molecular weight excluding hydrogens is 370 g/mol. The van der Waals surface area contributed by atoms with Crippen molar-refractivity contribution < 1.29 is 26.2 Å². The third-order valence-corrected chi connectivity index (χ3v) is 4.77. The summed E-state index contributed by atoms with van der Waals surface area (Å²) in [7, 11) is -2.12. The average molecular weight is 375 g/mol. The van der Waals surface area contributed by atoms with Gasteiger partial charge >= 0.3 is 0 Å². The van der Waals surface area contributed by atoms with E-state index in [1.807, 2.05) is 0 Å². The molecule has 0 saturated heterocycles. The van der Waals surface area contributed by atoms with Crippen molar-refractivity contribution in [2.75, 3.05) is 0 Å². The van der Waals surface area contributed by atoms with Crippen LogP contribution in [-0.2, 0) is 16.6 Å². The maximum absolute atomic E-state index is 13.5. The molecule has 2 rings (SSSR count). The Hall–Kier alpha value is -1.18. The molecule has 0 fully saturated rings. The van der Waals surface area contributed by atoms with Gasteiger partial charge in [0.05, 0.1) is 26.5 Å². The topological polar surface area (TPSA) is 17.1 Å². The van der Waals surface area contributed by atoms with Crippen LogP contribution in [0.3, 0.4) is 0 Å². The predicted octanol–water partition coefficient (Wildman–Crippen LogP) is 5.00. The largest absolute Gasteiger partial charge is 0.254 e. The van der Waals surface area contributed by atoms with E-state index in [0.29, 0.717) is 0 Å². The smallest absolute Gasteiger partial charge is 0.200 e. The van der Waals surface area contributed by atoms with Gasteiger partial charge in [0.1, 0.15) is 0 Å². The first-order valence-corrected chi connectivity index (χ1v) is 7.65. The minimum atomic E-state index is -2.27. The van der Waals surface area contributed by atoms with Gasteiger partial charge in [-0.25, -0.2) is 22.0 Å². The lowest BCUT2D eigenvalue weighted by molar-refractivity contribution is 0.372. The predicted molar refractivity (Wildman–Crippen MR) is 72.8 cm³/mol. The van der Waals surface area contributed by atoms with Crippen LogP contribution in [0.1, 0.15) is 5.56 Å². The molecule has 0 heterocycles. The number of rotatable bonds is 3. The van der Waals surface area contributed by atoms with Crippen LogP contribution in [0.5, 0.6) is 0 Å². The summed E-state index contributed by atoms with van der Waals surface area (Å²) < 4.78 is 78.2. The number of halogens is 7. The van der Waals surface area contributed by atoms with Gasteiger partial charge in [0.2, 0.25) is 5.82 Å². The van der Waals surface area contributed by atoms with Crippen LogP contribution in [-0.4, -0.2) is 4.21 Å². The fourth-order valence-electron chi connectivity index (χ4n) is 1.65. The molecule has 0 aliphatic rings. The molecule has 1 atom stereocenters. The molecule has 118 valence electrons. The first-order chi connectivity index (χ1) is 10.2. The molecule has 1 nitrogen and oxygen atoms in total. The van der Waals surface area contributed by atoms with E-state index in [4.69, 9.17) is 23.2 Å². The Morgan fingerprint density at radius 1 is 0.864 bits per heavy atom. The monoisotopic (exact) mass is 374 g/mol. The summed E-state index contributed by atoms with van der Waals surface area (Å²) in [5, 5.41) is 0.191. The van der Waals surface area contributed by atoms with Crippen molar-refractivity contribution in [3.8, 4) is 0 Å². The zero-order valence-corrected chi connectivity index (χ0v) is 12.7. The van der Waals surface area contributed by atoms with Gasteiger partial charge in [-0.1, -0.05) is 23.2 Å². The summed E-state index contributed by atoms with van der Waals surface area (Å²) in [6.45, 7) is 0. The first kappa shape index (κ1) is 17.2. The molecular formula is C13H5Cl2F5OS. The van der Waals surface area contributed by atoms with Crippen molar-refractivity contribution in [2.24, 2.45) is 0 Å². The summed E-state index contributed by atoms with van der Waals surface area (Å²) in [5.41, 5.74) is -1.17. The van der Waals surface area contributed by atoms with E-state index in [0.717, 1.165) is 0 Å². The van der Waals surface area contributed by atoms with E-state index < -0.39 is 51.2 Å². The summed E-state index contributed by atoms with van der Waals surface area (Å²) in [4.78, 5) is -0.0324. The zero-order valence-electron chi connectivity index (χ0n) is 10.4. The highest BCUT2D eigenvalue weighted by Gasteiger charge is 2.27. The van der Waals surface area contributed by atoms with Crippen molar-refractivity contribution in [1.29, 1.82) is 0 Å². The van der Waals surface area contributed by atoms with E-state index in [1.165, 1.54) is 18.2 Å². The lowest BCUT2D eigenvalue weighted by Gasteiger charge is -2.09. The van der Waals surface area contributed by atoms with Crippen LogP contribution in [0.4, 0.5) is 22.0 Å². The van der Waals surface area contributed by atoms with E-state index in [2.05, 4.69) is 0 Å². The normalized spacial score (nSPS) is 12.5. The number of hydrogen-bond acceptors (Lipinski definition) is 1. The maximum atomic E-state index is 13.5. The second kappa shape index (κ2) is 6.52. The molecule has 0 aromatic heterocycles. The van der Waals surface area contributed by atoms with Gasteiger partial charge in [0.15, 0.2) is 23.3 Å². The van der Waals surface area contributed by atoms with Crippen LogP contribution in [0.2, 0.25) is 10.0 Å². The standard InChI is InChI=1S/C13H5Cl2F5OS/c14-5-1-2-8(7(15)3-5)22(21)4-6-9(16)11(18)13(20)12(19)10(6)17/h1-3H,4H2/t22-/m0/s1. The Morgan fingerprint density at radius 3 is 1.86 bits per heavy atom. The molecule has 0 N–H and O–H groups in total. The molecule has 0 saturated carbocycles. The van der Waals surface area contributed by atoms with Crippen molar-refractivity contribution in [1.82, 2.24) is 0 Å². The zero-order chi connectivity index (χ0) is 16.6. The minimum absolute atomic E-state index is 0.0324. The minimum Gasteiger partial charge on any atom is -0.254 e. The molecule has 0 aliphatic heterocycles.